The summed E-state index contributed by atoms with van der Waals surface area (Å²) in [5.74, 6) is -1.92. The summed E-state index contributed by atoms with van der Waals surface area (Å²) in [5.41, 5.74) is -2.21. The van der Waals surface area contributed by atoms with Gasteiger partial charge in [0.1, 0.15) is 34.9 Å². The monoisotopic (exact) mass is 734 g/mol. The van der Waals surface area contributed by atoms with E-state index in [4.69, 9.17) is 23.8 Å². The van der Waals surface area contributed by atoms with Crippen molar-refractivity contribution in [1.82, 2.24) is 14.9 Å². The van der Waals surface area contributed by atoms with Gasteiger partial charge in [0.15, 0.2) is 10.3 Å². The van der Waals surface area contributed by atoms with Gasteiger partial charge in [-0.15, -0.1) is 11.3 Å². The van der Waals surface area contributed by atoms with Gasteiger partial charge in [0.2, 0.25) is 5.71 Å². The van der Waals surface area contributed by atoms with Crippen LogP contribution < -0.4 is 15.4 Å². The van der Waals surface area contributed by atoms with Crippen molar-refractivity contribution in [1.29, 1.82) is 0 Å². The minimum absolute atomic E-state index is 0.0268. The Labute approximate surface area is 297 Å². The number of thiazole rings is 2. The first-order valence-corrected chi connectivity index (χ1v) is 17.3. The van der Waals surface area contributed by atoms with Crippen molar-refractivity contribution in [3.05, 3.63) is 29.3 Å². The lowest BCUT2D eigenvalue weighted by atomic mass is 10.1. The molecule has 1 aromatic carbocycles. The Morgan fingerprint density at radius 2 is 1.62 bits per heavy atom. The largest absolute Gasteiger partial charge is 0.489 e. The van der Waals surface area contributed by atoms with Gasteiger partial charge >= 0.3 is 24.1 Å². The second-order valence-corrected chi connectivity index (χ2v) is 16.1. The Balaban J connectivity index is 1.42. The number of esters is 1. The van der Waals surface area contributed by atoms with Crippen molar-refractivity contribution in [2.75, 3.05) is 30.3 Å². The van der Waals surface area contributed by atoms with E-state index in [1.807, 2.05) is 20.8 Å². The molecule has 272 valence electrons. The maximum atomic E-state index is 13.1. The molecule has 50 heavy (non-hydrogen) atoms. The molecule has 3 aromatic rings. The molecule has 1 atom stereocenters. The number of oxime groups is 1. The standard InChI is InChI=1S/C32H42N6O10S2/c1-30(2,3)45-25(41)21(48-37-23(24(39)40)20-16-49-26(35-20)36-28(42)46-31(4,5)6)15-44-18-10-11-19-22(12-18)50-27(34-19)33-17-13-38(14-17)29(43)47-32(7,8)9/h10-12,16-17,21H,13-15H2,1-9H3,(H,33,34)(H,39,40)(H,35,36,42)/b37-23-. The van der Waals surface area contributed by atoms with E-state index in [1.54, 1.807) is 64.6 Å². The molecule has 2 aromatic heterocycles. The van der Waals surface area contributed by atoms with Crippen molar-refractivity contribution in [3.8, 4) is 5.75 Å². The van der Waals surface area contributed by atoms with Gasteiger partial charge in [-0.1, -0.05) is 16.5 Å². The summed E-state index contributed by atoms with van der Waals surface area (Å²) in [4.78, 5) is 65.2. The van der Waals surface area contributed by atoms with Gasteiger partial charge in [0.05, 0.1) is 16.3 Å². The predicted octanol–water partition coefficient (Wildman–Crippen LogP) is 5.73. The number of ether oxygens (including phenoxy) is 4. The van der Waals surface area contributed by atoms with E-state index in [0.717, 1.165) is 16.0 Å². The molecule has 18 heteroatoms. The smallest absolute Gasteiger partial charge is 0.413 e. The van der Waals surface area contributed by atoms with Gasteiger partial charge in [-0.25, -0.2) is 29.1 Å². The molecule has 1 fully saturated rings. The molecule has 3 N–H and O–H groups in total. The minimum atomic E-state index is -1.48. The van der Waals surface area contributed by atoms with E-state index in [1.165, 1.54) is 16.7 Å². The topological polar surface area (TPSA) is 200 Å². The molecule has 2 amide bonds. The summed E-state index contributed by atoms with van der Waals surface area (Å²) in [6.07, 6.45) is -2.58. The summed E-state index contributed by atoms with van der Waals surface area (Å²) in [5, 5.41) is 21.4. The fourth-order valence-electron chi connectivity index (χ4n) is 4.10. The molecule has 1 aliphatic rings. The first kappa shape index (κ1) is 38.1. The van der Waals surface area contributed by atoms with Crippen molar-refractivity contribution < 1.29 is 48.1 Å². The van der Waals surface area contributed by atoms with Crippen LogP contribution in [0.1, 0.15) is 68.0 Å². The van der Waals surface area contributed by atoms with Gasteiger partial charge in [-0.2, -0.15) is 0 Å². The molecule has 3 heterocycles. The van der Waals surface area contributed by atoms with Crippen molar-refractivity contribution in [3.63, 3.8) is 0 Å². The second-order valence-electron chi connectivity index (χ2n) is 14.2. The number of carbonyl (C=O) groups is 4. The van der Waals surface area contributed by atoms with E-state index in [0.29, 0.717) is 29.5 Å². The van der Waals surface area contributed by atoms with E-state index < -0.39 is 46.7 Å². The highest BCUT2D eigenvalue weighted by atomic mass is 32.1. The average molecular weight is 735 g/mol. The van der Waals surface area contributed by atoms with Gasteiger partial charge in [0, 0.05) is 18.5 Å². The first-order valence-electron chi connectivity index (χ1n) is 15.6. The number of carboxylic acids is 1. The number of nitrogens with one attached hydrogen (secondary N) is 2. The molecule has 1 saturated heterocycles. The van der Waals surface area contributed by atoms with Crippen LogP contribution in [-0.2, 0) is 28.6 Å². The number of hydrogen-bond donors (Lipinski definition) is 3. The number of aliphatic carboxylic acids is 1. The molecular formula is C32H42N6O10S2. The highest BCUT2D eigenvalue weighted by Crippen LogP contribution is 2.31. The molecule has 0 radical (unpaired) electrons. The lowest BCUT2D eigenvalue weighted by Crippen LogP contribution is -2.57. The fraction of sp³-hybridized carbons (Fsp3) is 0.531. The number of rotatable bonds is 11. The number of benzene rings is 1. The summed E-state index contributed by atoms with van der Waals surface area (Å²) in [6.45, 7) is 16.2. The summed E-state index contributed by atoms with van der Waals surface area (Å²) < 4.78 is 22.7. The third-order valence-corrected chi connectivity index (χ3v) is 7.83. The zero-order valence-corrected chi connectivity index (χ0v) is 30.9. The first-order chi connectivity index (χ1) is 23.1. The van der Waals surface area contributed by atoms with Crippen LogP contribution in [0.25, 0.3) is 10.2 Å². The number of carboxylic acid groups (broad SMARTS) is 1. The number of nitrogens with zero attached hydrogens (tertiary/aromatic N) is 4. The molecule has 4 rings (SSSR count). The van der Waals surface area contributed by atoms with E-state index in [9.17, 15) is 24.3 Å². The van der Waals surface area contributed by atoms with Crippen LogP contribution >= 0.6 is 22.7 Å². The normalized spacial score (nSPS) is 14.7. The second kappa shape index (κ2) is 15.0. The van der Waals surface area contributed by atoms with Crippen LogP contribution in [0.4, 0.5) is 19.9 Å². The number of likely N-dealkylation sites (tertiary alicyclic amines) is 1. The molecule has 0 aliphatic carbocycles. The zero-order chi connectivity index (χ0) is 37.0. The lowest BCUT2D eigenvalue weighted by molar-refractivity contribution is -0.170. The van der Waals surface area contributed by atoms with Crippen molar-refractivity contribution in [2.45, 2.75) is 91.3 Å². The van der Waals surface area contributed by atoms with Gasteiger partial charge < -0.3 is 39.1 Å². The van der Waals surface area contributed by atoms with Crippen molar-refractivity contribution >= 4 is 73.0 Å². The average Bonchev–Trinajstić information content (AvgIpc) is 3.55. The Morgan fingerprint density at radius 1 is 0.960 bits per heavy atom. The number of carbonyl (C=O) groups excluding carboxylic acids is 3. The van der Waals surface area contributed by atoms with E-state index in [2.05, 4.69) is 25.8 Å². The van der Waals surface area contributed by atoms with Crippen molar-refractivity contribution in [2.24, 2.45) is 5.16 Å². The molecule has 0 spiro atoms. The van der Waals surface area contributed by atoms with E-state index in [-0.39, 0.29) is 29.6 Å². The van der Waals surface area contributed by atoms with Gasteiger partial charge in [-0.05, 0) is 80.5 Å². The van der Waals surface area contributed by atoms with Gasteiger partial charge in [-0.3, -0.25) is 5.32 Å². The van der Waals surface area contributed by atoms with Crippen LogP contribution in [0.3, 0.4) is 0 Å². The number of aromatic nitrogens is 2. The molecule has 1 unspecified atom stereocenters. The highest BCUT2D eigenvalue weighted by Gasteiger charge is 2.34. The third-order valence-electron chi connectivity index (χ3n) is 6.12. The Morgan fingerprint density at radius 3 is 2.24 bits per heavy atom. The fourth-order valence-corrected chi connectivity index (χ4v) is 5.75. The van der Waals surface area contributed by atoms with Gasteiger partial charge in [0.25, 0.3) is 6.10 Å². The Hall–Kier alpha value is -4.71. The summed E-state index contributed by atoms with van der Waals surface area (Å²) in [6, 6.07) is 5.21. The number of hydrogen-bond acceptors (Lipinski definition) is 15. The number of anilines is 2. The summed E-state index contributed by atoms with van der Waals surface area (Å²) >= 11 is 2.34. The number of fused-ring (bicyclic) bond motifs is 1. The van der Waals surface area contributed by atoms with Crippen LogP contribution in [0.15, 0.2) is 28.7 Å². The molecular weight excluding hydrogens is 693 g/mol. The lowest BCUT2D eigenvalue weighted by Gasteiger charge is -2.39. The van der Waals surface area contributed by atoms with Crippen LogP contribution in [0.2, 0.25) is 0 Å². The summed E-state index contributed by atoms with van der Waals surface area (Å²) in [7, 11) is 0. The minimum Gasteiger partial charge on any atom is -0.489 e. The van der Waals surface area contributed by atoms with Crippen LogP contribution in [-0.4, -0.2) is 98.5 Å². The zero-order valence-electron chi connectivity index (χ0n) is 29.3. The van der Waals surface area contributed by atoms with Crippen LogP contribution in [0.5, 0.6) is 5.75 Å². The van der Waals surface area contributed by atoms with Crippen LogP contribution in [0, 0.1) is 0 Å². The maximum absolute atomic E-state index is 13.1. The maximum Gasteiger partial charge on any atom is 0.413 e. The Bertz CT molecular complexity index is 1750. The quantitative estimate of drug-likeness (QED) is 0.0935. The predicted molar refractivity (Wildman–Crippen MR) is 187 cm³/mol. The Kier molecular flexibility index (Phi) is 11.5. The SMILES string of the molecule is CC(C)(C)OC(=O)Nc1nc(/C(=N/OC(COc2ccc3nc(NC4CN(C(=O)OC(C)(C)C)C4)sc3c2)C(=O)OC(C)(C)C)C(=O)O)cs1. The molecule has 16 nitrogen and oxygen atoms in total. The molecule has 1 aliphatic heterocycles. The highest BCUT2D eigenvalue weighted by molar-refractivity contribution is 7.22. The molecule has 0 saturated carbocycles. The third kappa shape index (κ3) is 11.4. The number of amides is 2. The molecule has 0 bridgehead atoms. The van der Waals surface area contributed by atoms with E-state index >= 15 is 0 Å².